The van der Waals surface area contributed by atoms with Crippen LogP contribution in [0.15, 0.2) is 12.7 Å². The molecule has 0 aliphatic carbocycles. The van der Waals surface area contributed by atoms with Gasteiger partial charge in [-0.1, -0.05) is 0 Å². The number of amides is 2. The molecule has 4 heterocycles. The van der Waals surface area contributed by atoms with Crippen molar-refractivity contribution in [2.45, 2.75) is 12.5 Å². The highest BCUT2D eigenvalue weighted by Gasteiger charge is 2.43. The first kappa shape index (κ1) is 15.8. The summed E-state index contributed by atoms with van der Waals surface area (Å²) in [5, 5.41) is 0. The van der Waals surface area contributed by atoms with Crippen molar-refractivity contribution in [1.29, 1.82) is 0 Å². The van der Waals surface area contributed by atoms with Crippen molar-refractivity contribution in [3.05, 3.63) is 12.7 Å². The lowest BCUT2D eigenvalue weighted by Gasteiger charge is -2.44. The number of fused-ring (bicyclic) bond motifs is 1. The number of carbonyl (C=O) groups is 2. The number of hydrogen-bond donors (Lipinski definition) is 0. The first-order valence-corrected chi connectivity index (χ1v) is 8.33. The standard InChI is InChI=1S/C16H21N7O2/c1-20(2)16(25)10-4-12(24)23(5-10)11-6-22(7-11)15-13-14(17-8-18-15)21(3)9-19-13/h8-11H,4-7H2,1-3H3. The molecule has 1 unspecified atom stereocenters. The van der Waals surface area contributed by atoms with Crippen LogP contribution in [-0.4, -0.2) is 80.9 Å². The van der Waals surface area contributed by atoms with Crippen molar-refractivity contribution in [3.8, 4) is 0 Å². The van der Waals surface area contributed by atoms with E-state index in [2.05, 4.69) is 19.9 Å². The molecule has 132 valence electrons. The molecule has 9 heteroatoms. The van der Waals surface area contributed by atoms with Crippen molar-refractivity contribution in [3.63, 3.8) is 0 Å². The Hall–Kier alpha value is -2.71. The zero-order valence-electron chi connectivity index (χ0n) is 14.6. The van der Waals surface area contributed by atoms with E-state index in [0.717, 1.165) is 17.0 Å². The molecular weight excluding hydrogens is 322 g/mol. The second-order valence-electron chi connectivity index (χ2n) is 6.96. The SMILES string of the molecule is CN(C)C(=O)C1CC(=O)N(C2CN(c3ncnc4c3ncn4C)C2)C1. The van der Waals surface area contributed by atoms with Gasteiger partial charge in [-0.3, -0.25) is 9.59 Å². The highest BCUT2D eigenvalue weighted by atomic mass is 16.2. The van der Waals surface area contributed by atoms with E-state index in [-0.39, 0.29) is 23.8 Å². The van der Waals surface area contributed by atoms with Gasteiger partial charge in [-0.2, -0.15) is 0 Å². The Bertz CT molecular complexity index is 840. The summed E-state index contributed by atoms with van der Waals surface area (Å²) in [7, 11) is 5.36. The lowest BCUT2D eigenvalue weighted by atomic mass is 10.1. The molecule has 2 aliphatic heterocycles. The monoisotopic (exact) mass is 343 g/mol. The molecule has 2 aliphatic rings. The first-order chi connectivity index (χ1) is 12.0. The van der Waals surface area contributed by atoms with Gasteiger partial charge in [0.2, 0.25) is 11.8 Å². The predicted octanol–water partition coefficient (Wildman–Crippen LogP) is -0.511. The van der Waals surface area contributed by atoms with Crippen molar-refractivity contribution in [1.82, 2.24) is 29.3 Å². The Morgan fingerprint density at radius 3 is 2.68 bits per heavy atom. The van der Waals surface area contributed by atoms with E-state index in [1.54, 1.807) is 31.6 Å². The molecule has 0 aromatic carbocycles. The third kappa shape index (κ3) is 2.50. The number of imidazole rings is 1. The molecule has 1 atom stereocenters. The van der Waals surface area contributed by atoms with Crippen LogP contribution in [0.3, 0.4) is 0 Å². The molecule has 25 heavy (non-hydrogen) atoms. The normalized spacial score (nSPS) is 21.1. The molecule has 0 spiro atoms. The quantitative estimate of drug-likeness (QED) is 0.746. The topological polar surface area (TPSA) is 87.5 Å². The average Bonchev–Trinajstić information content (AvgIpc) is 3.10. The Labute approximate surface area is 145 Å². The molecule has 2 amide bonds. The van der Waals surface area contributed by atoms with E-state index in [0.29, 0.717) is 26.1 Å². The minimum Gasteiger partial charge on any atom is -0.350 e. The van der Waals surface area contributed by atoms with Crippen LogP contribution in [0, 0.1) is 5.92 Å². The first-order valence-electron chi connectivity index (χ1n) is 8.33. The Balaban J connectivity index is 1.45. The molecule has 4 rings (SSSR count). The molecule has 2 aromatic heterocycles. The summed E-state index contributed by atoms with van der Waals surface area (Å²) < 4.78 is 1.86. The molecule has 0 saturated carbocycles. The maximum atomic E-state index is 12.3. The van der Waals surface area contributed by atoms with Gasteiger partial charge in [-0.25, -0.2) is 15.0 Å². The van der Waals surface area contributed by atoms with Gasteiger partial charge in [-0.15, -0.1) is 0 Å². The van der Waals surface area contributed by atoms with Gasteiger partial charge >= 0.3 is 0 Å². The maximum absolute atomic E-state index is 12.3. The van der Waals surface area contributed by atoms with Crippen molar-refractivity contribution in [2.24, 2.45) is 13.0 Å². The number of anilines is 1. The summed E-state index contributed by atoms with van der Waals surface area (Å²) in [6.45, 7) is 1.92. The van der Waals surface area contributed by atoms with Crippen LogP contribution < -0.4 is 4.90 Å². The van der Waals surface area contributed by atoms with Crippen LogP contribution in [0.2, 0.25) is 0 Å². The third-order valence-electron chi connectivity index (χ3n) is 5.03. The average molecular weight is 343 g/mol. The van der Waals surface area contributed by atoms with E-state index in [1.807, 2.05) is 16.5 Å². The smallest absolute Gasteiger partial charge is 0.227 e. The van der Waals surface area contributed by atoms with E-state index in [4.69, 9.17) is 0 Å². The highest BCUT2D eigenvalue weighted by molar-refractivity contribution is 5.89. The lowest BCUT2D eigenvalue weighted by molar-refractivity contribution is -0.133. The van der Waals surface area contributed by atoms with E-state index >= 15 is 0 Å². The van der Waals surface area contributed by atoms with Crippen LogP contribution in [0.25, 0.3) is 11.2 Å². The minimum absolute atomic E-state index is 0.0259. The van der Waals surface area contributed by atoms with E-state index < -0.39 is 0 Å². The number of likely N-dealkylation sites (tertiary alicyclic amines) is 1. The Morgan fingerprint density at radius 2 is 1.96 bits per heavy atom. The molecule has 0 bridgehead atoms. The number of nitrogens with zero attached hydrogens (tertiary/aromatic N) is 7. The van der Waals surface area contributed by atoms with Crippen LogP contribution in [0.4, 0.5) is 5.82 Å². The van der Waals surface area contributed by atoms with Crippen molar-refractivity contribution in [2.75, 3.05) is 38.6 Å². The number of aromatic nitrogens is 4. The summed E-state index contributed by atoms with van der Waals surface area (Å²) >= 11 is 0. The van der Waals surface area contributed by atoms with Crippen LogP contribution in [0.1, 0.15) is 6.42 Å². The fourth-order valence-electron chi connectivity index (χ4n) is 3.61. The molecule has 0 radical (unpaired) electrons. The van der Waals surface area contributed by atoms with Crippen molar-refractivity contribution >= 4 is 28.8 Å². The van der Waals surface area contributed by atoms with Crippen LogP contribution in [-0.2, 0) is 16.6 Å². The Morgan fingerprint density at radius 1 is 1.20 bits per heavy atom. The fraction of sp³-hybridized carbons (Fsp3) is 0.562. The fourth-order valence-corrected chi connectivity index (χ4v) is 3.61. The van der Waals surface area contributed by atoms with Gasteiger partial charge in [-0.05, 0) is 0 Å². The van der Waals surface area contributed by atoms with Gasteiger partial charge < -0.3 is 19.3 Å². The predicted molar refractivity (Wildman–Crippen MR) is 90.8 cm³/mol. The summed E-state index contributed by atoms with van der Waals surface area (Å²) in [6, 6.07) is 0.126. The number of rotatable bonds is 3. The molecule has 2 saturated heterocycles. The molecule has 2 fully saturated rings. The van der Waals surface area contributed by atoms with Gasteiger partial charge in [0.25, 0.3) is 0 Å². The van der Waals surface area contributed by atoms with Crippen LogP contribution in [0.5, 0.6) is 0 Å². The lowest BCUT2D eigenvalue weighted by Crippen LogP contribution is -2.60. The third-order valence-corrected chi connectivity index (χ3v) is 5.03. The van der Waals surface area contributed by atoms with Crippen molar-refractivity contribution < 1.29 is 9.59 Å². The summed E-state index contributed by atoms with van der Waals surface area (Å²) in [6.07, 6.45) is 3.58. The summed E-state index contributed by atoms with van der Waals surface area (Å²) in [4.78, 5) is 42.9. The summed E-state index contributed by atoms with van der Waals surface area (Å²) in [5.74, 6) is 0.668. The van der Waals surface area contributed by atoms with Gasteiger partial charge in [0.1, 0.15) is 6.33 Å². The second-order valence-corrected chi connectivity index (χ2v) is 6.96. The molecule has 9 nitrogen and oxygen atoms in total. The zero-order chi connectivity index (χ0) is 17.7. The van der Waals surface area contributed by atoms with Gasteiger partial charge in [0.05, 0.1) is 18.3 Å². The zero-order valence-corrected chi connectivity index (χ0v) is 14.6. The molecule has 0 N–H and O–H groups in total. The van der Waals surface area contributed by atoms with E-state index in [9.17, 15) is 9.59 Å². The van der Waals surface area contributed by atoms with E-state index in [1.165, 1.54) is 0 Å². The second kappa shape index (κ2) is 5.68. The molecular formula is C16H21N7O2. The summed E-state index contributed by atoms with van der Waals surface area (Å²) in [5.41, 5.74) is 1.57. The Kier molecular flexibility index (Phi) is 3.59. The number of carbonyl (C=O) groups excluding carboxylic acids is 2. The van der Waals surface area contributed by atoms with Crippen LogP contribution >= 0.6 is 0 Å². The number of hydrogen-bond acceptors (Lipinski definition) is 6. The highest BCUT2D eigenvalue weighted by Crippen LogP contribution is 2.30. The van der Waals surface area contributed by atoms with Gasteiger partial charge in [0.15, 0.2) is 17.0 Å². The largest absolute Gasteiger partial charge is 0.350 e. The maximum Gasteiger partial charge on any atom is 0.227 e. The minimum atomic E-state index is -0.224. The molecule has 2 aromatic rings. The number of aryl methyl sites for hydroxylation is 1. The van der Waals surface area contributed by atoms with Gasteiger partial charge in [0, 0.05) is 47.2 Å².